The van der Waals surface area contributed by atoms with Gasteiger partial charge in [-0.1, -0.05) is 129 Å². The summed E-state index contributed by atoms with van der Waals surface area (Å²) in [7, 11) is 3.49. The number of carbonyl (C=O) groups excluding carboxylic acids is 10. The Labute approximate surface area is 513 Å². The van der Waals surface area contributed by atoms with Crippen LogP contribution in [-0.4, -0.2) is 148 Å². The van der Waals surface area contributed by atoms with Crippen molar-refractivity contribution in [3.05, 3.63) is 119 Å². The highest BCUT2D eigenvalue weighted by Gasteiger charge is 2.30. The maximum Gasteiger partial charge on any atom is 0.302 e. The second kappa shape index (κ2) is 43.2. The summed E-state index contributed by atoms with van der Waals surface area (Å²) in [5.74, 6) is 0.312. The summed E-state index contributed by atoms with van der Waals surface area (Å²) in [5.41, 5.74) is 25.4. The molecule has 7 rings (SSSR count). The lowest BCUT2D eigenvalue weighted by molar-refractivity contribution is -0.142. The van der Waals surface area contributed by atoms with E-state index in [0.717, 1.165) is 0 Å². The number of fused-ring (bicyclic) bond motifs is 6. The lowest BCUT2D eigenvalue weighted by Gasteiger charge is -2.13. The van der Waals surface area contributed by atoms with Crippen LogP contribution in [0.5, 0.6) is 0 Å². The van der Waals surface area contributed by atoms with Gasteiger partial charge in [0, 0.05) is 82.4 Å². The number of alkyl halides is 2. The molecule has 4 amide bonds. The van der Waals surface area contributed by atoms with Crippen LogP contribution in [0.4, 0.5) is 0 Å². The number of benzene rings is 4. The van der Waals surface area contributed by atoms with Crippen molar-refractivity contribution in [2.45, 2.75) is 70.6 Å². The molecule has 4 aromatic carbocycles. The van der Waals surface area contributed by atoms with Gasteiger partial charge in [0.1, 0.15) is 36.3 Å². The maximum atomic E-state index is 11.5. The third-order valence-corrected chi connectivity index (χ3v) is 14.9. The standard InChI is InChI=1S/2C16H14O2.C11H18N2O3S.C7H13BrN2O2.C6H11BrN2O2.C4H11N3O/c2*1-11(17)18-10-16-14-8-4-2-6-12(14)13-7-3-5-9-15(13)16;12-5-10(15)8-3-4-13-11(16)2-1-9(14)7-17-6-8;1-9-5-10-7(12)3-2-6(11)4-8;7-3-5(10)1-2-6(11)9-4-8;1-6-3-7-4(8)2-5/h2*2-9,16H,10H2,1H3;8H,1-7,12H2,(H,13,16);9H,2-5H2,1H3,(H,10,12);1-4,8H2,(H,9,11);6H,2-3,5H2,1H3,(H,7,8). The lowest BCUT2D eigenvalue weighted by atomic mass is 9.98. The Balaban J connectivity index is 0.000000352. The van der Waals surface area contributed by atoms with Crippen LogP contribution in [0, 0.1) is 5.92 Å². The number of hydrogen-bond acceptors (Lipinski definition) is 18. The molecule has 3 aliphatic rings. The van der Waals surface area contributed by atoms with Gasteiger partial charge in [0.05, 0.1) is 49.5 Å². The van der Waals surface area contributed by atoms with E-state index in [0.29, 0.717) is 68.1 Å². The minimum absolute atomic E-state index is 0.00144. The van der Waals surface area contributed by atoms with Crippen molar-refractivity contribution in [2.75, 3.05) is 89.1 Å². The number of amides is 4. The van der Waals surface area contributed by atoms with Gasteiger partial charge in [0.15, 0.2) is 0 Å². The van der Waals surface area contributed by atoms with E-state index in [1.165, 1.54) is 70.1 Å². The number of hydrogen-bond donors (Lipinski definition) is 9. The van der Waals surface area contributed by atoms with Crippen LogP contribution >= 0.6 is 43.6 Å². The highest BCUT2D eigenvalue weighted by Crippen LogP contribution is 2.45. The van der Waals surface area contributed by atoms with E-state index in [-0.39, 0.29) is 128 Å². The van der Waals surface area contributed by atoms with E-state index < -0.39 is 0 Å². The molecule has 4 aromatic rings. The summed E-state index contributed by atoms with van der Waals surface area (Å²) in [6.45, 7) is 5.35. The molecule has 1 saturated heterocycles. The van der Waals surface area contributed by atoms with E-state index in [9.17, 15) is 47.9 Å². The Morgan fingerprint density at radius 3 is 1.35 bits per heavy atom. The molecule has 24 heteroatoms. The second-order valence-corrected chi connectivity index (χ2v) is 20.9. The summed E-state index contributed by atoms with van der Waals surface area (Å²) in [4.78, 5) is 110. The number of rotatable bonds is 20. The van der Waals surface area contributed by atoms with Crippen molar-refractivity contribution >= 4 is 102 Å². The molecule has 1 heterocycles. The Bertz CT molecular complexity index is 2550. The van der Waals surface area contributed by atoms with Gasteiger partial charge in [-0.15, -0.1) is 0 Å². The Kier molecular flexibility index (Phi) is 37.8. The van der Waals surface area contributed by atoms with Gasteiger partial charge in [0.2, 0.25) is 23.6 Å². The summed E-state index contributed by atoms with van der Waals surface area (Å²) in [6, 6.07) is 33.3. The summed E-state index contributed by atoms with van der Waals surface area (Å²) >= 11 is 7.48. The van der Waals surface area contributed by atoms with E-state index in [2.05, 4.69) is 112 Å². The zero-order valence-electron chi connectivity index (χ0n) is 48.2. The molecule has 84 heavy (non-hydrogen) atoms. The number of thioether (sulfide) groups is 1. The molecule has 0 bridgehead atoms. The molecule has 0 saturated carbocycles. The SMILES string of the molecule is CC(=O)OCC1c2ccccc2-c2ccccc21.CC(=O)OCC1c2ccccc2-c2ccccc21.CNCNC(=O)CCC(=O)CBr.CNCNC(=O)CN.NCC(=O)C1CCNC(=O)CCC(=O)CSC1.NCNC(=O)CCC(=O)CBr. The van der Waals surface area contributed by atoms with Crippen LogP contribution in [0.25, 0.3) is 22.3 Å². The number of Topliss-reactive ketones (excluding diaryl/α,β-unsaturated/α-hetero) is 4. The third-order valence-electron chi connectivity index (χ3n) is 12.5. The van der Waals surface area contributed by atoms with Gasteiger partial charge in [0.25, 0.3) is 0 Å². The number of ketones is 4. The first-order chi connectivity index (χ1) is 40.4. The molecular formula is C60H81Br2N9O12S. The predicted octanol–water partition coefficient (Wildman–Crippen LogP) is 4.48. The van der Waals surface area contributed by atoms with Crippen molar-refractivity contribution in [1.82, 2.24) is 31.9 Å². The normalized spacial score (nSPS) is 13.8. The summed E-state index contributed by atoms with van der Waals surface area (Å²) < 4.78 is 10.4. The fraction of sp³-hybridized carbons (Fsp3) is 0.433. The molecule has 1 fully saturated rings. The first kappa shape index (κ1) is 73.6. The molecule has 458 valence electrons. The average molecular weight is 1310 g/mol. The summed E-state index contributed by atoms with van der Waals surface area (Å²) in [5, 5.41) is 16.4. The van der Waals surface area contributed by atoms with Crippen LogP contribution in [0.1, 0.15) is 92.9 Å². The maximum absolute atomic E-state index is 11.5. The van der Waals surface area contributed by atoms with Crippen molar-refractivity contribution < 1.29 is 57.4 Å². The van der Waals surface area contributed by atoms with Crippen molar-refractivity contribution in [2.24, 2.45) is 23.1 Å². The smallest absolute Gasteiger partial charge is 0.302 e. The van der Waals surface area contributed by atoms with Crippen LogP contribution in [0.3, 0.4) is 0 Å². The van der Waals surface area contributed by atoms with Crippen molar-refractivity contribution in [1.29, 1.82) is 0 Å². The van der Waals surface area contributed by atoms with Gasteiger partial charge >= 0.3 is 11.9 Å². The van der Waals surface area contributed by atoms with Crippen LogP contribution in [0.2, 0.25) is 0 Å². The largest absolute Gasteiger partial charge is 0.465 e. The van der Waals surface area contributed by atoms with Gasteiger partial charge < -0.3 is 58.6 Å². The number of esters is 2. The highest BCUT2D eigenvalue weighted by atomic mass is 79.9. The van der Waals surface area contributed by atoms with Gasteiger partial charge in [-0.25, -0.2) is 0 Å². The number of ether oxygens (including phenoxy) is 2. The monoisotopic (exact) mass is 1310 g/mol. The number of halogens is 2. The minimum Gasteiger partial charge on any atom is -0.465 e. The van der Waals surface area contributed by atoms with Crippen molar-refractivity contribution in [3.8, 4) is 22.3 Å². The fourth-order valence-electron chi connectivity index (χ4n) is 8.27. The molecule has 2 aliphatic carbocycles. The molecule has 0 aromatic heterocycles. The quantitative estimate of drug-likeness (QED) is 0.0334. The number of nitrogens with two attached hydrogens (primary N) is 3. The van der Waals surface area contributed by atoms with Gasteiger partial charge in [-0.3, -0.25) is 47.9 Å². The number of carbonyl (C=O) groups is 10. The molecule has 12 N–H and O–H groups in total. The van der Waals surface area contributed by atoms with E-state index in [4.69, 9.17) is 26.7 Å². The summed E-state index contributed by atoms with van der Waals surface area (Å²) in [6.07, 6.45) is 2.21. The van der Waals surface area contributed by atoms with Gasteiger partial charge in [-0.05, 0) is 65.0 Å². The molecule has 1 unspecified atom stereocenters. The molecule has 1 aliphatic heterocycles. The van der Waals surface area contributed by atoms with E-state index in [1.54, 1.807) is 14.1 Å². The molecule has 1 atom stereocenters. The Morgan fingerprint density at radius 2 is 0.976 bits per heavy atom. The first-order valence-electron chi connectivity index (χ1n) is 27.3. The minimum atomic E-state index is -0.225. The zero-order valence-corrected chi connectivity index (χ0v) is 52.2. The topological polar surface area (TPSA) is 339 Å². The van der Waals surface area contributed by atoms with Crippen LogP contribution in [-0.2, 0) is 57.4 Å². The zero-order chi connectivity index (χ0) is 62.2. The molecular weight excluding hydrogens is 1230 g/mol. The third kappa shape index (κ3) is 28.4. The first-order valence-corrected chi connectivity index (χ1v) is 30.7. The average Bonchev–Trinajstić information content (AvgIpc) is 4.20. The van der Waals surface area contributed by atoms with E-state index in [1.807, 2.05) is 48.5 Å². The van der Waals surface area contributed by atoms with E-state index >= 15 is 0 Å². The molecule has 0 radical (unpaired) electrons. The fourth-order valence-corrected chi connectivity index (χ4v) is 9.96. The number of nitrogens with one attached hydrogen (secondary N) is 6. The Hall–Kier alpha value is -6.51. The predicted molar refractivity (Wildman–Crippen MR) is 334 cm³/mol. The lowest BCUT2D eigenvalue weighted by Crippen LogP contribution is -2.35. The van der Waals surface area contributed by atoms with Crippen LogP contribution < -0.4 is 49.1 Å². The van der Waals surface area contributed by atoms with Crippen molar-refractivity contribution in [3.63, 3.8) is 0 Å². The van der Waals surface area contributed by atoms with Gasteiger partial charge in [-0.2, -0.15) is 11.8 Å². The second-order valence-electron chi connectivity index (χ2n) is 18.7. The molecule has 0 spiro atoms. The Morgan fingerprint density at radius 1 is 0.571 bits per heavy atom. The molecule has 21 nitrogen and oxygen atoms in total. The highest BCUT2D eigenvalue weighted by molar-refractivity contribution is 9.09. The van der Waals surface area contributed by atoms with Crippen LogP contribution in [0.15, 0.2) is 97.1 Å².